The zero-order chi connectivity index (χ0) is 37.3. The van der Waals surface area contributed by atoms with Crippen molar-refractivity contribution in [1.82, 2.24) is 9.80 Å². The topological polar surface area (TPSA) is 149 Å². The molecule has 8 rings (SSSR count). The third kappa shape index (κ3) is 6.56. The smallest absolute Gasteiger partial charge is 0.260 e. The van der Waals surface area contributed by atoms with Gasteiger partial charge in [0.25, 0.3) is 11.8 Å². The summed E-state index contributed by atoms with van der Waals surface area (Å²) in [6, 6.07) is 21.7. The van der Waals surface area contributed by atoms with Gasteiger partial charge < -0.3 is 39.6 Å². The monoisotopic (exact) mass is 725 g/mol. The molecule has 12 nitrogen and oxygen atoms in total. The Labute approximate surface area is 312 Å². The second-order valence-corrected chi connectivity index (χ2v) is 13.4. The predicted octanol–water partition coefficient (Wildman–Crippen LogP) is 6.57. The molecule has 0 radical (unpaired) electrons. The number of methoxy groups -OCH3 is 2. The average Bonchev–Trinajstić information content (AvgIpc) is 3.78. The van der Waals surface area contributed by atoms with E-state index in [1.54, 1.807) is 46.5 Å². The molecule has 2 amide bonds. The molecule has 3 N–H and O–H groups in total. The molecule has 0 saturated heterocycles. The zero-order valence-electron chi connectivity index (χ0n) is 29.9. The van der Waals surface area contributed by atoms with Crippen LogP contribution < -0.4 is 24.7 Å². The van der Waals surface area contributed by atoms with Crippen LogP contribution in [0.2, 0.25) is 0 Å². The van der Waals surface area contributed by atoms with Crippen molar-refractivity contribution in [2.24, 2.45) is 9.98 Å². The zero-order valence-corrected chi connectivity index (χ0v) is 29.9. The maximum absolute atomic E-state index is 13.7. The quantitative estimate of drug-likeness (QED) is 0.130. The maximum atomic E-state index is 13.7. The number of carbonyl (C=O) groups is 2. The van der Waals surface area contributed by atoms with Gasteiger partial charge in [-0.25, -0.2) is 0 Å². The van der Waals surface area contributed by atoms with Gasteiger partial charge in [-0.05, 0) is 52.1 Å². The summed E-state index contributed by atoms with van der Waals surface area (Å²) in [6.45, 7) is 0.577. The third-order valence-corrected chi connectivity index (χ3v) is 10.0. The molecule has 0 aromatic heterocycles. The van der Waals surface area contributed by atoms with E-state index in [1.807, 2.05) is 60.9 Å². The molecular weight excluding hydrogens is 686 g/mol. The molecular formula is C42H39N5O7. The van der Waals surface area contributed by atoms with Crippen molar-refractivity contribution in [2.75, 3.05) is 33.2 Å². The molecule has 274 valence electrons. The van der Waals surface area contributed by atoms with Crippen molar-refractivity contribution < 1.29 is 33.6 Å². The molecule has 2 atom stereocenters. The molecule has 0 aliphatic carbocycles. The van der Waals surface area contributed by atoms with E-state index >= 15 is 0 Å². The minimum absolute atomic E-state index is 0.0193. The fourth-order valence-electron chi connectivity index (χ4n) is 7.09. The number of nitrogens with two attached hydrogens (primary N) is 1. The highest BCUT2D eigenvalue weighted by molar-refractivity contribution is 6.06. The molecule has 0 saturated carbocycles. The highest BCUT2D eigenvalue weighted by Crippen LogP contribution is 2.42. The lowest BCUT2D eigenvalue weighted by molar-refractivity contribution is 0.0809. The van der Waals surface area contributed by atoms with E-state index in [-0.39, 0.29) is 30.5 Å². The Kier molecular flexibility index (Phi) is 9.34. The van der Waals surface area contributed by atoms with Gasteiger partial charge in [-0.2, -0.15) is 0 Å². The first-order valence-corrected chi connectivity index (χ1v) is 17.7. The van der Waals surface area contributed by atoms with E-state index in [2.05, 4.69) is 9.98 Å². The van der Waals surface area contributed by atoms with Crippen molar-refractivity contribution in [3.05, 3.63) is 113 Å². The van der Waals surface area contributed by atoms with Crippen LogP contribution in [0.25, 0.3) is 11.1 Å². The molecule has 0 bridgehead atoms. The molecule has 0 fully saturated rings. The Hall–Kier alpha value is -6.40. The lowest BCUT2D eigenvalue weighted by atomic mass is 10.0. The Bertz CT molecular complexity index is 2240. The number of hydrogen-bond acceptors (Lipinski definition) is 10. The van der Waals surface area contributed by atoms with Gasteiger partial charge in [-0.1, -0.05) is 36.4 Å². The number of anilines is 1. The number of aliphatic hydroxyl groups excluding tert-OH is 1. The van der Waals surface area contributed by atoms with E-state index < -0.39 is 0 Å². The summed E-state index contributed by atoms with van der Waals surface area (Å²) in [7, 11) is 3.07. The summed E-state index contributed by atoms with van der Waals surface area (Å²) in [5.74, 6) is 1.45. The highest BCUT2D eigenvalue weighted by Gasteiger charge is 2.35. The van der Waals surface area contributed by atoms with Crippen LogP contribution in [0.5, 0.6) is 23.0 Å². The summed E-state index contributed by atoms with van der Waals surface area (Å²) in [6.07, 6.45) is 9.15. The number of amides is 2. The fourth-order valence-corrected chi connectivity index (χ4v) is 7.09. The first-order chi connectivity index (χ1) is 26.3. The molecule has 4 aliphatic heterocycles. The predicted molar refractivity (Wildman–Crippen MR) is 206 cm³/mol. The van der Waals surface area contributed by atoms with E-state index in [0.717, 1.165) is 27.8 Å². The molecule has 0 spiro atoms. The Balaban J connectivity index is 0.909. The summed E-state index contributed by atoms with van der Waals surface area (Å²) in [5.41, 5.74) is 13.3. The number of ether oxygens (including phenoxy) is 4. The standard InChI is InChI=1S/C42H39N5O7/c1-51-37-16-33-35(44-20-31-14-28(22-46(31)41(33)49)26-6-4-25(24-48)5-7-26)18-39(37)53-12-3-13-54-40-19-36-34(17-38(40)52-2)42(50)47-23-29(15-32(47)21-45-36)27-8-10-30(43)11-9-27/h4-11,16-23,31-32,48H,3,12-15,24,43H2,1-2H3/t31-,32-/m0/s1. The summed E-state index contributed by atoms with van der Waals surface area (Å²) >= 11 is 0. The SMILES string of the molecule is COc1cc2c(cc1OCCCOc1cc3c(cc1OC)C(=O)N1C=C(c4ccc(CO)cc4)C[C@H]1C=N3)N=C[C@@H]1CC(c3ccc(N)cc3)=CN1C2=O. The van der Waals surface area contributed by atoms with Gasteiger partial charge in [0, 0.05) is 61.9 Å². The van der Waals surface area contributed by atoms with Crippen LogP contribution in [-0.4, -0.2) is 78.7 Å². The van der Waals surface area contributed by atoms with Crippen LogP contribution in [0.4, 0.5) is 17.1 Å². The van der Waals surface area contributed by atoms with Crippen molar-refractivity contribution in [3.8, 4) is 23.0 Å². The van der Waals surface area contributed by atoms with Crippen molar-refractivity contribution >= 4 is 52.5 Å². The molecule has 4 aromatic rings. The number of hydrogen-bond donors (Lipinski definition) is 2. The number of carbonyl (C=O) groups excluding carboxylic acids is 2. The highest BCUT2D eigenvalue weighted by atomic mass is 16.5. The van der Waals surface area contributed by atoms with Crippen LogP contribution in [0, 0.1) is 0 Å². The van der Waals surface area contributed by atoms with Crippen LogP contribution in [0.15, 0.2) is 95.2 Å². The van der Waals surface area contributed by atoms with Crippen molar-refractivity contribution in [3.63, 3.8) is 0 Å². The molecule has 0 unspecified atom stereocenters. The Morgan fingerprint density at radius 1 is 0.685 bits per heavy atom. The first kappa shape index (κ1) is 34.7. The third-order valence-electron chi connectivity index (χ3n) is 10.0. The van der Waals surface area contributed by atoms with Gasteiger partial charge in [-0.15, -0.1) is 0 Å². The lowest BCUT2D eigenvalue weighted by Crippen LogP contribution is -2.32. The second kappa shape index (κ2) is 14.6. The normalized spacial score (nSPS) is 18.2. The average molecular weight is 726 g/mol. The number of nitrogens with zero attached hydrogens (tertiary/aromatic N) is 4. The molecule has 4 aromatic carbocycles. The number of rotatable bonds is 11. The lowest BCUT2D eigenvalue weighted by Gasteiger charge is -2.19. The Morgan fingerprint density at radius 2 is 1.15 bits per heavy atom. The number of aliphatic imine (C=N–C) groups is 2. The van der Waals surface area contributed by atoms with Gasteiger partial charge in [0.05, 0.1) is 68.6 Å². The molecule has 4 aliphatic rings. The van der Waals surface area contributed by atoms with E-state index in [9.17, 15) is 14.7 Å². The number of fused-ring (bicyclic) bond motifs is 4. The summed E-state index contributed by atoms with van der Waals surface area (Å²) in [5, 5.41) is 9.38. The van der Waals surface area contributed by atoms with Crippen molar-refractivity contribution in [2.45, 2.75) is 38.0 Å². The van der Waals surface area contributed by atoms with Gasteiger partial charge in [0.1, 0.15) is 0 Å². The second-order valence-electron chi connectivity index (χ2n) is 13.4. The van der Waals surface area contributed by atoms with Gasteiger partial charge in [0.2, 0.25) is 0 Å². The molecule has 4 heterocycles. The molecule has 12 heteroatoms. The van der Waals surface area contributed by atoms with E-state index in [0.29, 0.717) is 83.7 Å². The minimum atomic E-state index is -0.221. The summed E-state index contributed by atoms with van der Waals surface area (Å²) in [4.78, 5) is 40.2. The maximum Gasteiger partial charge on any atom is 0.260 e. The van der Waals surface area contributed by atoms with Crippen LogP contribution >= 0.6 is 0 Å². The summed E-state index contributed by atoms with van der Waals surface area (Å²) < 4.78 is 23.5. The van der Waals surface area contributed by atoms with E-state index in [1.165, 1.54) is 14.2 Å². The Morgan fingerprint density at radius 3 is 1.59 bits per heavy atom. The first-order valence-electron chi connectivity index (χ1n) is 17.7. The van der Waals surface area contributed by atoms with E-state index in [4.69, 9.17) is 24.7 Å². The molecule has 54 heavy (non-hydrogen) atoms. The number of benzene rings is 4. The largest absolute Gasteiger partial charge is 0.493 e. The van der Waals surface area contributed by atoms with Crippen LogP contribution in [0.3, 0.4) is 0 Å². The number of aliphatic hydroxyl groups is 1. The number of nitrogen functional groups attached to an aromatic ring is 1. The van der Waals surface area contributed by atoms with Crippen LogP contribution in [0.1, 0.15) is 56.7 Å². The van der Waals surface area contributed by atoms with Gasteiger partial charge in [0.15, 0.2) is 23.0 Å². The fraction of sp³-hybridized carbons (Fsp3) is 0.238. The van der Waals surface area contributed by atoms with Crippen molar-refractivity contribution in [1.29, 1.82) is 0 Å². The van der Waals surface area contributed by atoms with Crippen LogP contribution in [-0.2, 0) is 6.61 Å². The van der Waals surface area contributed by atoms with Gasteiger partial charge >= 0.3 is 0 Å². The minimum Gasteiger partial charge on any atom is -0.493 e. The van der Waals surface area contributed by atoms with Gasteiger partial charge in [-0.3, -0.25) is 19.6 Å².